The van der Waals surface area contributed by atoms with Crippen LogP contribution in [0.25, 0.3) is 0 Å². The molecule has 3 rings (SSSR count). The van der Waals surface area contributed by atoms with Gasteiger partial charge in [0.25, 0.3) is 5.91 Å². The zero-order valence-corrected chi connectivity index (χ0v) is 13.4. The number of aliphatic hydroxyl groups excluding tert-OH is 1. The van der Waals surface area contributed by atoms with Gasteiger partial charge in [-0.2, -0.15) is 0 Å². The smallest absolute Gasteiger partial charge is 0.252 e. The molecule has 0 saturated heterocycles. The average Bonchev–Trinajstić information content (AvgIpc) is 3.10. The quantitative estimate of drug-likeness (QED) is 0.874. The van der Waals surface area contributed by atoms with Crippen molar-refractivity contribution in [1.29, 1.82) is 0 Å². The third-order valence-electron chi connectivity index (χ3n) is 4.26. The normalized spacial score (nSPS) is 23.9. The number of pyridine rings is 1. The number of nitrogens with one attached hydrogen (secondary N) is 1. The summed E-state index contributed by atoms with van der Waals surface area (Å²) < 4.78 is 1.87. The summed E-state index contributed by atoms with van der Waals surface area (Å²) >= 11 is 5.83. The number of rotatable bonds is 4. The zero-order chi connectivity index (χ0) is 16.4. The fourth-order valence-electron chi connectivity index (χ4n) is 3.06. The Morgan fingerprint density at radius 2 is 2.30 bits per heavy atom. The molecule has 8 heteroatoms. The lowest BCUT2D eigenvalue weighted by Gasteiger charge is -2.15. The number of carbonyl (C=O) groups is 1. The van der Waals surface area contributed by atoms with Crippen LogP contribution < -0.4 is 5.32 Å². The van der Waals surface area contributed by atoms with Crippen LogP contribution in [0.4, 0.5) is 0 Å². The number of carbonyl (C=O) groups excluding carboxylic acids is 1. The second-order valence-corrected chi connectivity index (χ2v) is 6.33. The molecule has 23 heavy (non-hydrogen) atoms. The predicted octanol–water partition coefficient (Wildman–Crippen LogP) is 1.15. The molecule has 0 aliphatic heterocycles. The summed E-state index contributed by atoms with van der Waals surface area (Å²) in [6, 6.07) is 1.57. The lowest BCUT2D eigenvalue weighted by atomic mass is 10.0. The highest BCUT2D eigenvalue weighted by Gasteiger charge is 2.36. The second kappa shape index (κ2) is 6.64. The van der Waals surface area contributed by atoms with Gasteiger partial charge in [-0.05, 0) is 18.9 Å². The van der Waals surface area contributed by atoms with E-state index >= 15 is 0 Å². The zero-order valence-electron chi connectivity index (χ0n) is 12.7. The van der Waals surface area contributed by atoms with E-state index in [0.29, 0.717) is 23.6 Å². The molecule has 2 heterocycles. The first kappa shape index (κ1) is 15.9. The molecule has 0 bridgehead atoms. The van der Waals surface area contributed by atoms with Crippen LogP contribution >= 0.6 is 11.6 Å². The number of amides is 1. The Labute approximate surface area is 138 Å². The molecule has 2 aromatic rings. The Bertz CT molecular complexity index is 705. The molecule has 0 spiro atoms. The molecular formula is C15H18ClN5O2. The van der Waals surface area contributed by atoms with Gasteiger partial charge in [-0.1, -0.05) is 11.6 Å². The van der Waals surface area contributed by atoms with Crippen molar-refractivity contribution in [1.82, 2.24) is 25.1 Å². The lowest BCUT2D eigenvalue weighted by molar-refractivity contribution is 0.0916. The number of hydrogen-bond donors (Lipinski definition) is 2. The molecule has 0 aromatic carbocycles. The van der Waals surface area contributed by atoms with Gasteiger partial charge in [-0.25, -0.2) is 0 Å². The number of nitrogens with zero attached hydrogens (tertiary/aromatic N) is 4. The van der Waals surface area contributed by atoms with Crippen molar-refractivity contribution < 1.29 is 9.90 Å². The number of aryl methyl sites for hydroxylation is 1. The van der Waals surface area contributed by atoms with Gasteiger partial charge in [-0.3, -0.25) is 9.78 Å². The molecule has 1 saturated carbocycles. The highest BCUT2D eigenvalue weighted by Crippen LogP contribution is 2.37. The molecule has 1 aliphatic rings. The first-order chi connectivity index (χ1) is 11.0. The summed E-state index contributed by atoms with van der Waals surface area (Å²) in [7, 11) is 1.89. The van der Waals surface area contributed by atoms with Crippen molar-refractivity contribution in [2.75, 3.05) is 6.54 Å². The molecule has 3 atom stereocenters. The highest BCUT2D eigenvalue weighted by molar-refractivity contribution is 6.30. The third kappa shape index (κ3) is 3.51. The molecule has 1 amide bonds. The Hall–Kier alpha value is -1.99. The number of hydrogen-bond acceptors (Lipinski definition) is 5. The average molecular weight is 336 g/mol. The molecule has 2 aromatic heterocycles. The molecule has 0 unspecified atom stereocenters. The number of aromatic nitrogens is 4. The first-order valence-electron chi connectivity index (χ1n) is 7.45. The van der Waals surface area contributed by atoms with E-state index in [2.05, 4.69) is 20.5 Å². The molecule has 0 radical (unpaired) electrons. The molecular weight excluding hydrogens is 318 g/mol. The van der Waals surface area contributed by atoms with Crippen LogP contribution in [0.5, 0.6) is 0 Å². The largest absolute Gasteiger partial charge is 0.393 e. The SMILES string of the molecule is Cn1cnnc1[C@H]1C[C@H](CNC(=O)c2cncc(Cl)c2)[C@H](O)C1. The molecule has 1 aliphatic carbocycles. The summed E-state index contributed by atoms with van der Waals surface area (Å²) in [4.78, 5) is 16.0. The maximum Gasteiger partial charge on any atom is 0.252 e. The van der Waals surface area contributed by atoms with Crippen molar-refractivity contribution in [2.45, 2.75) is 24.9 Å². The van der Waals surface area contributed by atoms with Crippen molar-refractivity contribution in [2.24, 2.45) is 13.0 Å². The molecule has 7 nitrogen and oxygen atoms in total. The minimum Gasteiger partial charge on any atom is -0.393 e. The van der Waals surface area contributed by atoms with Crippen molar-refractivity contribution >= 4 is 17.5 Å². The summed E-state index contributed by atoms with van der Waals surface area (Å²) in [5.74, 6) is 0.784. The predicted molar refractivity (Wildman–Crippen MR) is 84.1 cm³/mol. The van der Waals surface area contributed by atoms with Gasteiger partial charge in [0.05, 0.1) is 16.7 Å². The van der Waals surface area contributed by atoms with Gasteiger partial charge in [0, 0.05) is 37.8 Å². The topological polar surface area (TPSA) is 92.9 Å². The van der Waals surface area contributed by atoms with E-state index in [0.717, 1.165) is 12.2 Å². The van der Waals surface area contributed by atoms with E-state index in [1.165, 1.54) is 12.4 Å². The highest BCUT2D eigenvalue weighted by atomic mass is 35.5. The maximum absolute atomic E-state index is 12.1. The Morgan fingerprint density at radius 1 is 1.48 bits per heavy atom. The minimum absolute atomic E-state index is 0.00667. The third-order valence-corrected chi connectivity index (χ3v) is 4.47. The monoisotopic (exact) mass is 335 g/mol. The number of aliphatic hydroxyl groups is 1. The van der Waals surface area contributed by atoms with Crippen LogP contribution in [-0.2, 0) is 7.05 Å². The van der Waals surface area contributed by atoms with E-state index in [4.69, 9.17) is 11.6 Å². The van der Waals surface area contributed by atoms with Gasteiger partial charge >= 0.3 is 0 Å². The van der Waals surface area contributed by atoms with Gasteiger partial charge in [0.1, 0.15) is 12.2 Å². The Kier molecular flexibility index (Phi) is 4.58. The van der Waals surface area contributed by atoms with Crippen LogP contribution in [0, 0.1) is 5.92 Å². The van der Waals surface area contributed by atoms with Gasteiger partial charge in [0.2, 0.25) is 0 Å². The van der Waals surface area contributed by atoms with Crippen LogP contribution in [0.1, 0.15) is 34.9 Å². The van der Waals surface area contributed by atoms with Crippen molar-refractivity contribution in [3.8, 4) is 0 Å². The molecule has 1 fully saturated rings. The van der Waals surface area contributed by atoms with Crippen molar-refractivity contribution in [3.05, 3.63) is 41.2 Å². The van der Waals surface area contributed by atoms with Crippen LogP contribution in [0.15, 0.2) is 24.8 Å². The summed E-state index contributed by atoms with van der Waals surface area (Å²) in [5, 5.41) is 21.5. The van der Waals surface area contributed by atoms with E-state index in [1.807, 2.05) is 11.6 Å². The van der Waals surface area contributed by atoms with Crippen LogP contribution in [0.3, 0.4) is 0 Å². The van der Waals surface area contributed by atoms with Gasteiger partial charge in [-0.15, -0.1) is 10.2 Å². The summed E-state index contributed by atoms with van der Waals surface area (Å²) in [6.45, 7) is 0.404. The Morgan fingerprint density at radius 3 is 3.00 bits per heavy atom. The summed E-state index contributed by atoms with van der Waals surface area (Å²) in [6.07, 6.45) is 5.53. The minimum atomic E-state index is -0.463. The van der Waals surface area contributed by atoms with E-state index in [-0.39, 0.29) is 17.7 Å². The first-order valence-corrected chi connectivity index (χ1v) is 7.83. The van der Waals surface area contributed by atoms with Gasteiger partial charge < -0.3 is 15.0 Å². The van der Waals surface area contributed by atoms with E-state index in [9.17, 15) is 9.90 Å². The van der Waals surface area contributed by atoms with E-state index < -0.39 is 6.10 Å². The van der Waals surface area contributed by atoms with Crippen LogP contribution in [0.2, 0.25) is 5.02 Å². The molecule has 122 valence electrons. The fourth-order valence-corrected chi connectivity index (χ4v) is 3.23. The fraction of sp³-hybridized carbons (Fsp3) is 0.467. The standard InChI is InChI=1S/C15H18ClN5O2/c1-21-8-19-20-14(21)9-2-10(13(22)4-9)6-18-15(23)11-3-12(16)7-17-5-11/h3,5,7-10,13,22H,2,4,6H2,1H3,(H,18,23)/t9-,10+,13+/m0/s1. The summed E-state index contributed by atoms with van der Waals surface area (Å²) in [5.41, 5.74) is 0.412. The second-order valence-electron chi connectivity index (χ2n) is 5.90. The Balaban J connectivity index is 1.58. The molecule has 2 N–H and O–H groups in total. The lowest BCUT2D eigenvalue weighted by Crippen LogP contribution is -2.32. The van der Waals surface area contributed by atoms with E-state index in [1.54, 1.807) is 12.4 Å². The maximum atomic E-state index is 12.1. The van der Waals surface area contributed by atoms with Gasteiger partial charge in [0.15, 0.2) is 0 Å². The van der Waals surface area contributed by atoms with Crippen molar-refractivity contribution in [3.63, 3.8) is 0 Å². The number of halogens is 1. The van der Waals surface area contributed by atoms with Crippen LogP contribution in [-0.4, -0.2) is 43.4 Å².